The van der Waals surface area contributed by atoms with Gasteiger partial charge >= 0.3 is 0 Å². The van der Waals surface area contributed by atoms with E-state index in [2.05, 4.69) is 35.8 Å². The lowest BCUT2D eigenvalue weighted by Gasteiger charge is -2.20. The summed E-state index contributed by atoms with van der Waals surface area (Å²) in [5.74, 6) is 1.60. The third-order valence-electron chi connectivity index (χ3n) is 3.12. The second-order valence-electron chi connectivity index (χ2n) is 5.08. The molecule has 3 nitrogen and oxygen atoms in total. The van der Waals surface area contributed by atoms with Crippen molar-refractivity contribution >= 4 is 15.9 Å². The van der Waals surface area contributed by atoms with Crippen LogP contribution in [-0.2, 0) is 6.42 Å². The Morgan fingerprint density at radius 2 is 1.85 bits per heavy atom. The first-order valence-electron chi connectivity index (χ1n) is 7.39. The van der Waals surface area contributed by atoms with Crippen LogP contribution in [0.5, 0.6) is 11.5 Å². The Balaban J connectivity index is 3.08. The van der Waals surface area contributed by atoms with Crippen LogP contribution in [0.4, 0.5) is 0 Å². The van der Waals surface area contributed by atoms with Crippen molar-refractivity contribution in [2.24, 2.45) is 5.73 Å². The van der Waals surface area contributed by atoms with E-state index in [9.17, 15) is 0 Å². The quantitative estimate of drug-likeness (QED) is 0.764. The molecule has 1 aromatic rings. The lowest BCUT2D eigenvalue weighted by Crippen LogP contribution is -2.18. The molecule has 1 aromatic carbocycles. The summed E-state index contributed by atoms with van der Waals surface area (Å²) in [6.07, 6.45) is 3.00. The van der Waals surface area contributed by atoms with Crippen molar-refractivity contribution in [2.45, 2.75) is 59.1 Å². The van der Waals surface area contributed by atoms with Crippen molar-refractivity contribution in [1.29, 1.82) is 0 Å². The first-order chi connectivity index (χ1) is 9.51. The number of hydrogen-bond acceptors (Lipinski definition) is 3. The van der Waals surface area contributed by atoms with E-state index in [4.69, 9.17) is 15.2 Å². The fourth-order valence-corrected chi connectivity index (χ4v) is 2.69. The highest BCUT2D eigenvalue weighted by Gasteiger charge is 2.16. The van der Waals surface area contributed by atoms with Crippen molar-refractivity contribution in [1.82, 2.24) is 0 Å². The Labute approximate surface area is 131 Å². The summed E-state index contributed by atoms with van der Waals surface area (Å²) in [7, 11) is 0. The molecule has 0 spiro atoms. The predicted octanol–water partition coefficient (Wildman–Crippen LogP) is 4.30. The highest BCUT2D eigenvalue weighted by Crippen LogP contribution is 2.38. The third-order valence-corrected chi connectivity index (χ3v) is 3.71. The Hall–Kier alpha value is -0.740. The molecule has 20 heavy (non-hydrogen) atoms. The summed E-state index contributed by atoms with van der Waals surface area (Å²) < 4.78 is 12.8. The summed E-state index contributed by atoms with van der Waals surface area (Å²) in [5, 5.41) is 0. The molecule has 2 N–H and O–H groups in total. The molecule has 1 atom stereocenters. The van der Waals surface area contributed by atoms with Crippen molar-refractivity contribution in [2.75, 3.05) is 6.61 Å². The molecule has 0 radical (unpaired) electrons. The van der Waals surface area contributed by atoms with Crippen molar-refractivity contribution in [3.63, 3.8) is 0 Å². The van der Waals surface area contributed by atoms with Gasteiger partial charge in [0.1, 0.15) is 0 Å². The molecular formula is C16H26BrNO2. The van der Waals surface area contributed by atoms with Crippen LogP contribution < -0.4 is 15.2 Å². The van der Waals surface area contributed by atoms with Crippen molar-refractivity contribution in [3.05, 3.63) is 22.2 Å². The molecule has 0 saturated heterocycles. The van der Waals surface area contributed by atoms with Gasteiger partial charge in [-0.2, -0.15) is 0 Å². The van der Waals surface area contributed by atoms with Crippen molar-refractivity contribution < 1.29 is 9.47 Å². The average Bonchev–Trinajstić information content (AvgIpc) is 2.38. The smallest absolute Gasteiger partial charge is 0.175 e. The van der Waals surface area contributed by atoms with E-state index in [1.54, 1.807) is 0 Å². The molecule has 114 valence electrons. The summed E-state index contributed by atoms with van der Waals surface area (Å²) in [5.41, 5.74) is 7.03. The summed E-state index contributed by atoms with van der Waals surface area (Å²) in [4.78, 5) is 0. The Morgan fingerprint density at radius 3 is 2.35 bits per heavy atom. The van der Waals surface area contributed by atoms with E-state index in [0.29, 0.717) is 6.61 Å². The molecule has 0 bridgehead atoms. The second kappa shape index (κ2) is 8.53. The fraction of sp³-hybridized carbons (Fsp3) is 0.625. The van der Waals surface area contributed by atoms with E-state index in [1.165, 1.54) is 0 Å². The minimum absolute atomic E-state index is 0.127. The minimum atomic E-state index is 0.127. The first kappa shape index (κ1) is 17.3. The van der Waals surface area contributed by atoms with E-state index in [-0.39, 0.29) is 12.1 Å². The van der Waals surface area contributed by atoms with Gasteiger partial charge in [0.25, 0.3) is 0 Å². The first-order valence-corrected chi connectivity index (χ1v) is 8.18. The van der Waals surface area contributed by atoms with Crippen LogP contribution in [0.15, 0.2) is 16.6 Å². The monoisotopic (exact) mass is 343 g/mol. The van der Waals surface area contributed by atoms with Gasteiger partial charge in [0.2, 0.25) is 0 Å². The number of benzene rings is 1. The van der Waals surface area contributed by atoms with Crippen LogP contribution >= 0.6 is 15.9 Å². The largest absolute Gasteiger partial charge is 0.490 e. The molecule has 1 unspecified atom stereocenters. The number of halogens is 1. The normalized spacial score (nSPS) is 12.6. The molecule has 0 aliphatic heterocycles. The average molecular weight is 344 g/mol. The predicted molar refractivity (Wildman–Crippen MR) is 87.7 cm³/mol. The zero-order chi connectivity index (χ0) is 15.1. The second-order valence-corrected chi connectivity index (χ2v) is 5.93. The molecule has 0 aliphatic carbocycles. The molecule has 0 amide bonds. The number of nitrogens with two attached hydrogens (primary N) is 1. The molecule has 0 heterocycles. The molecule has 1 rings (SSSR count). The maximum atomic E-state index is 6.08. The fourth-order valence-electron chi connectivity index (χ4n) is 2.11. The van der Waals surface area contributed by atoms with Crippen LogP contribution in [0, 0.1) is 0 Å². The minimum Gasteiger partial charge on any atom is -0.490 e. The van der Waals surface area contributed by atoms with Gasteiger partial charge in [0.05, 0.1) is 17.2 Å². The van der Waals surface area contributed by atoms with Gasteiger partial charge in [0.15, 0.2) is 11.5 Å². The van der Waals surface area contributed by atoms with E-state index < -0.39 is 0 Å². The van der Waals surface area contributed by atoms with Crippen LogP contribution in [0.3, 0.4) is 0 Å². The van der Waals surface area contributed by atoms with E-state index in [1.807, 2.05) is 19.9 Å². The summed E-state index contributed by atoms with van der Waals surface area (Å²) in [6, 6.07) is 4.24. The van der Waals surface area contributed by atoms with E-state index in [0.717, 1.165) is 40.8 Å². The zero-order valence-corrected chi connectivity index (χ0v) is 14.5. The highest BCUT2D eigenvalue weighted by molar-refractivity contribution is 9.10. The summed E-state index contributed by atoms with van der Waals surface area (Å²) >= 11 is 3.60. The standard InChI is InChI=1S/C16H26BrNO2/c1-5-13(6-2)20-16-14(17)9-12(8-11(4)18)10-15(16)19-7-3/h9-11,13H,5-8,18H2,1-4H3. The van der Waals surface area contributed by atoms with Gasteiger partial charge in [-0.05, 0) is 66.7 Å². The van der Waals surface area contributed by atoms with Gasteiger partial charge in [0, 0.05) is 6.04 Å². The summed E-state index contributed by atoms with van der Waals surface area (Å²) in [6.45, 7) is 8.86. The Morgan fingerprint density at radius 1 is 1.20 bits per heavy atom. The number of rotatable bonds is 8. The topological polar surface area (TPSA) is 44.5 Å². The Kier molecular flexibility index (Phi) is 7.38. The third kappa shape index (κ3) is 4.98. The zero-order valence-electron chi connectivity index (χ0n) is 12.9. The SMILES string of the molecule is CCOc1cc(CC(C)N)cc(Br)c1OC(CC)CC. The molecule has 0 fully saturated rings. The lowest BCUT2D eigenvalue weighted by atomic mass is 10.1. The number of hydrogen-bond donors (Lipinski definition) is 1. The van der Waals surface area contributed by atoms with Gasteiger partial charge in [-0.1, -0.05) is 13.8 Å². The maximum Gasteiger partial charge on any atom is 0.175 e. The van der Waals surface area contributed by atoms with Crippen LogP contribution in [0.25, 0.3) is 0 Å². The van der Waals surface area contributed by atoms with Gasteiger partial charge in [-0.15, -0.1) is 0 Å². The molecule has 0 aliphatic rings. The van der Waals surface area contributed by atoms with Crippen LogP contribution in [0.2, 0.25) is 0 Å². The molecule has 0 aromatic heterocycles. The lowest BCUT2D eigenvalue weighted by molar-refractivity contribution is 0.180. The molecule has 0 saturated carbocycles. The van der Waals surface area contributed by atoms with Gasteiger partial charge < -0.3 is 15.2 Å². The molecular weight excluding hydrogens is 318 g/mol. The molecule has 4 heteroatoms. The maximum absolute atomic E-state index is 6.08. The van der Waals surface area contributed by atoms with Gasteiger partial charge in [-0.3, -0.25) is 0 Å². The Bertz CT molecular complexity index is 417. The highest BCUT2D eigenvalue weighted by atomic mass is 79.9. The van der Waals surface area contributed by atoms with Gasteiger partial charge in [-0.25, -0.2) is 0 Å². The van der Waals surface area contributed by atoms with Crippen molar-refractivity contribution in [3.8, 4) is 11.5 Å². The number of ether oxygens (including phenoxy) is 2. The van der Waals surface area contributed by atoms with Crippen LogP contribution in [0.1, 0.15) is 46.1 Å². The van der Waals surface area contributed by atoms with Crippen LogP contribution in [-0.4, -0.2) is 18.8 Å². The van der Waals surface area contributed by atoms with E-state index >= 15 is 0 Å².